The van der Waals surface area contributed by atoms with E-state index in [9.17, 15) is 4.79 Å². The number of benzene rings is 2. The van der Waals surface area contributed by atoms with Gasteiger partial charge in [0.1, 0.15) is 0 Å². The quantitative estimate of drug-likeness (QED) is 0.322. The van der Waals surface area contributed by atoms with E-state index >= 15 is 0 Å². The van der Waals surface area contributed by atoms with E-state index in [-0.39, 0.29) is 11.4 Å². The second-order valence-corrected chi connectivity index (χ2v) is 9.71. The Balaban J connectivity index is 1.55. The summed E-state index contributed by atoms with van der Waals surface area (Å²) in [6.45, 7) is 6.34. The summed E-state index contributed by atoms with van der Waals surface area (Å²) in [6, 6.07) is 18.9. The topological polar surface area (TPSA) is 46.1 Å². The van der Waals surface area contributed by atoms with Crippen LogP contribution in [0.2, 0.25) is 0 Å². The maximum atomic E-state index is 12.5. The van der Waals surface area contributed by atoms with Crippen molar-refractivity contribution in [3.05, 3.63) is 85.6 Å². The van der Waals surface area contributed by atoms with Gasteiger partial charge in [-0.1, -0.05) is 36.9 Å². The van der Waals surface area contributed by atoms with Gasteiger partial charge in [-0.2, -0.15) is 0 Å². The largest absolute Gasteiger partial charge is 0.357 e. The highest BCUT2D eigenvalue weighted by molar-refractivity contribution is 14.1. The first-order chi connectivity index (χ1) is 14.4. The van der Waals surface area contributed by atoms with Gasteiger partial charge in [0, 0.05) is 26.3 Å². The third kappa shape index (κ3) is 4.44. The maximum absolute atomic E-state index is 12.5. The number of halogens is 1. The number of thioether (sulfide) groups is 1. The number of aryl methyl sites for hydroxylation is 2. The van der Waals surface area contributed by atoms with Crippen LogP contribution >= 0.6 is 34.4 Å². The van der Waals surface area contributed by atoms with Gasteiger partial charge in [-0.15, -0.1) is 0 Å². The second kappa shape index (κ2) is 8.89. The lowest BCUT2D eigenvalue weighted by molar-refractivity contribution is -0.116. The first-order valence-electron chi connectivity index (χ1n) is 9.94. The standard InChI is InChI=1S/C24H24IN3OS/c1-4-17-8-10-20(11-9-17)26-24-27-23(29)22(30-24)13-18-12-15(2)28(16(18)3)21-7-5-6-19(25)14-21/h5-14,24,26H,4H2,1-3H3,(H,27,29)/b22-13-/t24-/m0/s1. The minimum atomic E-state index is -0.171. The highest BCUT2D eigenvalue weighted by Gasteiger charge is 2.27. The molecule has 2 heterocycles. The molecule has 1 aliphatic rings. The molecule has 0 radical (unpaired) electrons. The maximum Gasteiger partial charge on any atom is 0.260 e. The summed E-state index contributed by atoms with van der Waals surface area (Å²) in [5, 5.41) is 6.40. The summed E-state index contributed by atoms with van der Waals surface area (Å²) in [7, 11) is 0. The van der Waals surface area contributed by atoms with Gasteiger partial charge < -0.3 is 15.2 Å². The average Bonchev–Trinajstić information content (AvgIpc) is 3.20. The smallest absolute Gasteiger partial charge is 0.260 e. The molecule has 4 rings (SSSR count). The number of nitrogens with one attached hydrogen (secondary N) is 2. The van der Waals surface area contributed by atoms with E-state index in [1.54, 1.807) is 0 Å². The number of amides is 1. The summed E-state index contributed by atoms with van der Waals surface area (Å²) < 4.78 is 3.43. The fourth-order valence-electron chi connectivity index (χ4n) is 3.64. The Labute approximate surface area is 195 Å². The van der Waals surface area contributed by atoms with E-state index < -0.39 is 0 Å². The summed E-state index contributed by atoms with van der Waals surface area (Å²) in [5.41, 5.74) is 6.61. The first-order valence-corrected chi connectivity index (χ1v) is 11.9. The Bertz CT molecular complexity index is 1120. The van der Waals surface area contributed by atoms with Crippen molar-refractivity contribution in [3.63, 3.8) is 0 Å². The predicted molar refractivity (Wildman–Crippen MR) is 135 cm³/mol. The van der Waals surface area contributed by atoms with E-state index in [1.807, 2.05) is 6.08 Å². The first kappa shape index (κ1) is 21.1. The lowest BCUT2D eigenvalue weighted by Crippen LogP contribution is -2.30. The summed E-state index contributed by atoms with van der Waals surface area (Å²) in [6.07, 6.45) is 3.01. The van der Waals surface area contributed by atoms with E-state index in [0.717, 1.165) is 39.7 Å². The third-order valence-corrected chi connectivity index (χ3v) is 6.91. The summed E-state index contributed by atoms with van der Waals surface area (Å²) in [5.74, 6) is -0.0401. The molecule has 4 nitrogen and oxygen atoms in total. The molecule has 1 fully saturated rings. The predicted octanol–water partition coefficient (Wildman–Crippen LogP) is 5.86. The van der Waals surface area contributed by atoms with Gasteiger partial charge in [0.2, 0.25) is 0 Å². The van der Waals surface area contributed by atoms with Crippen LogP contribution in [0, 0.1) is 17.4 Å². The molecule has 1 saturated heterocycles. The molecule has 30 heavy (non-hydrogen) atoms. The van der Waals surface area contributed by atoms with E-state index in [1.165, 1.54) is 20.9 Å². The zero-order valence-electron chi connectivity index (χ0n) is 17.2. The van der Waals surface area contributed by atoms with Crippen molar-refractivity contribution in [1.82, 2.24) is 9.88 Å². The van der Waals surface area contributed by atoms with Crippen molar-refractivity contribution in [3.8, 4) is 5.69 Å². The number of hydrogen-bond acceptors (Lipinski definition) is 3. The van der Waals surface area contributed by atoms with Gasteiger partial charge in [-0.25, -0.2) is 0 Å². The highest BCUT2D eigenvalue weighted by atomic mass is 127. The molecule has 6 heteroatoms. The van der Waals surface area contributed by atoms with Gasteiger partial charge in [0.15, 0.2) is 5.50 Å². The molecule has 1 aliphatic heterocycles. The average molecular weight is 529 g/mol. The molecule has 3 aromatic rings. The zero-order chi connectivity index (χ0) is 21.3. The molecule has 1 amide bonds. The van der Waals surface area contributed by atoms with Crippen molar-refractivity contribution < 1.29 is 4.79 Å². The van der Waals surface area contributed by atoms with Crippen LogP contribution in [0.3, 0.4) is 0 Å². The number of carbonyl (C=O) groups is 1. The molecule has 0 unspecified atom stereocenters. The van der Waals surface area contributed by atoms with Crippen LogP contribution in [0.4, 0.5) is 5.69 Å². The molecular weight excluding hydrogens is 505 g/mol. The van der Waals surface area contributed by atoms with Crippen LogP contribution in [0.1, 0.15) is 29.4 Å². The van der Waals surface area contributed by atoms with Crippen molar-refractivity contribution in [2.75, 3.05) is 5.32 Å². The minimum Gasteiger partial charge on any atom is -0.357 e. The van der Waals surface area contributed by atoms with Crippen LogP contribution < -0.4 is 10.6 Å². The summed E-state index contributed by atoms with van der Waals surface area (Å²) >= 11 is 3.85. The van der Waals surface area contributed by atoms with Crippen molar-refractivity contribution in [2.45, 2.75) is 32.7 Å². The Morgan fingerprint density at radius 1 is 1.17 bits per heavy atom. The molecule has 0 saturated carbocycles. The van der Waals surface area contributed by atoms with E-state index in [4.69, 9.17) is 0 Å². The molecule has 0 bridgehead atoms. The molecule has 2 aromatic carbocycles. The number of anilines is 1. The number of aromatic nitrogens is 1. The molecule has 154 valence electrons. The minimum absolute atomic E-state index is 0.0401. The molecule has 1 aromatic heterocycles. The number of carbonyl (C=O) groups excluding carboxylic acids is 1. The third-order valence-electron chi connectivity index (χ3n) is 5.21. The Morgan fingerprint density at radius 2 is 1.93 bits per heavy atom. The lowest BCUT2D eigenvalue weighted by Gasteiger charge is -2.12. The highest BCUT2D eigenvalue weighted by Crippen LogP contribution is 2.32. The fraction of sp³-hybridized carbons (Fsp3) is 0.208. The van der Waals surface area contributed by atoms with E-state index in [0.29, 0.717) is 0 Å². The molecule has 0 aliphatic carbocycles. The fourth-order valence-corrected chi connectivity index (χ4v) is 5.14. The number of hydrogen-bond donors (Lipinski definition) is 2. The van der Waals surface area contributed by atoms with Gasteiger partial charge >= 0.3 is 0 Å². The zero-order valence-corrected chi connectivity index (χ0v) is 20.2. The number of rotatable bonds is 5. The lowest BCUT2D eigenvalue weighted by atomic mass is 10.1. The molecule has 2 N–H and O–H groups in total. The van der Waals surface area contributed by atoms with Crippen molar-refractivity contribution >= 4 is 52.0 Å². The van der Waals surface area contributed by atoms with Crippen LogP contribution in [0.5, 0.6) is 0 Å². The Morgan fingerprint density at radius 3 is 2.63 bits per heavy atom. The van der Waals surface area contributed by atoms with Gasteiger partial charge in [-0.3, -0.25) is 4.79 Å². The summed E-state index contributed by atoms with van der Waals surface area (Å²) in [4.78, 5) is 13.3. The van der Waals surface area contributed by atoms with Gasteiger partial charge in [0.25, 0.3) is 5.91 Å². The monoisotopic (exact) mass is 529 g/mol. The normalized spacial score (nSPS) is 17.4. The van der Waals surface area contributed by atoms with Crippen molar-refractivity contribution in [1.29, 1.82) is 0 Å². The van der Waals surface area contributed by atoms with Crippen molar-refractivity contribution in [2.24, 2.45) is 0 Å². The second-order valence-electron chi connectivity index (χ2n) is 7.32. The molecular formula is C24H24IN3OS. The van der Waals surface area contributed by atoms with E-state index in [2.05, 4.69) is 113 Å². The number of nitrogens with zero attached hydrogens (tertiary/aromatic N) is 1. The SMILES string of the molecule is CCc1ccc(N[C@H]2NC(=O)/C(=C/c3cc(C)n(-c4cccc(I)c4)c3C)S2)cc1. The van der Waals surface area contributed by atoms with Crippen LogP contribution in [-0.2, 0) is 11.2 Å². The Hall–Kier alpha value is -2.19. The van der Waals surface area contributed by atoms with Crippen LogP contribution in [0.25, 0.3) is 11.8 Å². The molecule has 1 atom stereocenters. The van der Waals surface area contributed by atoms with Gasteiger partial charge in [0.05, 0.1) is 4.91 Å². The van der Waals surface area contributed by atoms with Crippen LogP contribution in [0.15, 0.2) is 59.5 Å². The Kier molecular flexibility index (Phi) is 6.24. The van der Waals surface area contributed by atoms with Gasteiger partial charge in [-0.05, 0) is 96.5 Å². The van der Waals surface area contributed by atoms with Crippen LogP contribution in [-0.4, -0.2) is 16.0 Å². The molecule has 0 spiro atoms.